The van der Waals surface area contributed by atoms with Crippen LogP contribution >= 0.6 is 0 Å². The zero-order valence-corrected chi connectivity index (χ0v) is 8.11. The Kier molecular flexibility index (Phi) is 2.94. The average Bonchev–Trinajstić information content (AvgIpc) is 2.17. The van der Waals surface area contributed by atoms with Crippen molar-refractivity contribution in [1.82, 2.24) is 0 Å². The normalized spacial score (nSPS) is 16.7. The van der Waals surface area contributed by atoms with Crippen LogP contribution in [-0.2, 0) is 16.1 Å². The molecule has 1 aromatic rings. The van der Waals surface area contributed by atoms with Gasteiger partial charge in [-0.25, -0.2) is 0 Å². The molecule has 14 heavy (non-hydrogen) atoms. The molecular weight excluding hydrogens is 176 g/mol. The summed E-state index contributed by atoms with van der Waals surface area (Å²) in [5, 5.41) is 0. The lowest BCUT2D eigenvalue weighted by molar-refractivity contribution is -0.128. The van der Waals surface area contributed by atoms with Gasteiger partial charge in [-0.1, -0.05) is 30.3 Å². The minimum Gasteiger partial charge on any atom is -0.376 e. The van der Waals surface area contributed by atoms with Gasteiger partial charge < -0.3 is 4.74 Å². The first kappa shape index (κ1) is 9.41. The molecule has 0 unspecified atom stereocenters. The van der Waals surface area contributed by atoms with Gasteiger partial charge in [-0.05, 0) is 11.5 Å². The van der Waals surface area contributed by atoms with Gasteiger partial charge in [-0.2, -0.15) is 0 Å². The molecule has 1 aromatic carbocycles. The molecule has 2 nitrogen and oxygen atoms in total. The van der Waals surface area contributed by atoms with Gasteiger partial charge in [0.15, 0.2) is 0 Å². The molecule has 2 heteroatoms. The second-order valence-electron chi connectivity index (χ2n) is 3.81. The summed E-state index contributed by atoms with van der Waals surface area (Å²) >= 11 is 0. The van der Waals surface area contributed by atoms with Gasteiger partial charge in [0.05, 0.1) is 13.2 Å². The van der Waals surface area contributed by atoms with E-state index in [1.807, 2.05) is 30.3 Å². The van der Waals surface area contributed by atoms with Crippen LogP contribution in [0.4, 0.5) is 0 Å². The fourth-order valence-corrected chi connectivity index (χ4v) is 1.62. The van der Waals surface area contributed by atoms with Crippen LogP contribution in [0.1, 0.15) is 18.4 Å². The first-order valence-electron chi connectivity index (χ1n) is 4.98. The van der Waals surface area contributed by atoms with E-state index in [0.717, 1.165) is 19.4 Å². The SMILES string of the molecule is O=C1CC(COCc2ccccc2)C1. The van der Waals surface area contributed by atoms with Gasteiger partial charge in [0, 0.05) is 12.8 Å². The highest BCUT2D eigenvalue weighted by atomic mass is 16.5. The van der Waals surface area contributed by atoms with Gasteiger partial charge in [0.1, 0.15) is 5.78 Å². The standard InChI is InChI=1S/C12H14O2/c13-12-6-11(7-12)9-14-8-10-4-2-1-3-5-10/h1-5,11H,6-9H2. The Morgan fingerprint density at radius 3 is 2.57 bits per heavy atom. The summed E-state index contributed by atoms with van der Waals surface area (Å²) in [6, 6.07) is 10.1. The molecule has 0 saturated heterocycles. The van der Waals surface area contributed by atoms with Crippen molar-refractivity contribution in [3.8, 4) is 0 Å². The van der Waals surface area contributed by atoms with Crippen LogP contribution in [-0.4, -0.2) is 12.4 Å². The number of rotatable bonds is 4. The smallest absolute Gasteiger partial charge is 0.133 e. The predicted octanol–water partition coefficient (Wildman–Crippen LogP) is 2.18. The average molecular weight is 190 g/mol. The van der Waals surface area contributed by atoms with E-state index in [4.69, 9.17) is 4.74 Å². The molecule has 0 aliphatic heterocycles. The highest BCUT2D eigenvalue weighted by Gasteiger charge is 2.26. The molecule has 1 saturated carbocycles. The Hall–Kier alpha value is -1.15. The summed E-state index contributed by atoms with van der Waals surface area (Å²) in [7, 11) is 0. The Balaban J connectivity index is 1.66. The van der Waals surface area contributed by atoms with Gasteiger partial charge in [0.25, 0.3) is 0 Å². The topological polar surface area (TPSA) is 26.3 Å². The van der Waals surface area contributed by atoms with E-state index in [1.165, 1.54) is 5.56 Å². The Bertz CT molecular complexity index is 297. The molecule has 1 fully saturated rings. The van der Waals surface area contributed by atoms with Crippen LogP contribution in [0.3, 0.4) is 0 Å². The molecule has 0 heterocycles. The lowest BCUT2D eigenvalue weighted by Crippen LogP contribution is -2.27. The van der Waals surface area contributed by atoms with Crippen molar-refractivity contribution < 1.29 is 9.53 Å². The molecule has 0 amide bonds. The van der Waals surface area contributed by atoms with Crippen LogP contribution in [0.15, 0.2) is 30.3 Å². The van der Waals surface area contributed by atoms with Crippen molar-refractivity contribution in [3.63, 3.8) is 0 Å². The van der Waals surface area contributed by atoms with E-state index in [-0.39, 0.29) is 0 Å². The van der Waals surface area contributed by atoms with Crippen molar-refractivity contribution in [3.05, 3.63) is 35.9 Å². The van der Waals surface area contributed by atoms with Crippen molar-refractivity contribution in [1.29, 1.82) is 0 Å². The molecule has 0 aromatic heterocycles. The maximum absolute atomic E-state index is 10.7. The van der Waals surface area contributed by atoms with Crippen molar-refractivity contribution in [2.45, 2.75) is 19.4 Å². The summed E-state index contributed by atoms with van der Waals surface area (Å²) in [5.41, 5.74) is 1.19. The molecule has 74 valence electrons. The zero-order valence-electron chi connectivity index (χ0n) is 8.11. The molecule has 2 rings (SSSR count). The molecule has 0 spiro atoms. The van der Waals surface area contributed by atoms with Crippen LogP contribution in [0, 0.1) is 5.92 Å². The van der Waals surface area contributed by atoms with Crippen LogP contribution in [0.2, 0.25) is 0 Å². The maximum atomic E-state index is 10.7. The quantitative estimate of drug-likeness (QED) is 0.727. The highest BCUT2D eigenvalue weighted by Crippen LogP contribution is 2.22. The van der Waals surface area contributed by atoms with Gasteiger partial charge in [-0.15, -0.1) is 0 Å². The van der Waals surface area contributed by atoms with Crippen molar-refractivity contribution >= 4 is 5.78 Å². The molecule has 0 atom stereocenters. The number of ether oxygens (including phenoxy) is 1. The molecule has 0 bridgehead atoms. The van der Waals surface area contributed by atoms with Gasteiger partial charge in [0.2, 0.25) is 0 Å². The Labute approximate surface area is 83.9 Å². The summed E-state index contributed by atoms with van der Waals surface area (Å²) in [6.07, 6.45) is 1.43. The highest BCUT2D eigenvalue weighted by molar-refractivity contribution is 5.84. The third-order valence-electron chi connectivity index (χ3n) is 2.50. The number of benzene rings is 1. The fourth-order valence-electron chi connectivity index (χ4n) is 1.62. The Morgan fingerprint density at radius 2 is 1.93 bits per heavy atom. The van der Waals surface area contributed by atoms with Crippen LogP contribution in [0.25, 0.3) is 0 Å². The molecule has 0 N–H and O–H groups in total. The molecule has 0 radical (unpaired) electrons. The molecular formula is C12H14O2. The number of hydrogen-bond acceptors (Lipinski definition) is 2. The Morgan fingerprint density at radius 1 is 1.21 bits per heavy atom. The minimum atomic E-state index is 0.373. The first-order valence-corrected chi connectivity index (χ1v) is 4.98. The second-order valence-corrected chi connectivity index (χ2v) is 3.81. The number of carbonyl (C=O) groups excluding carboxylic acids is 1. The molecule has 1 aliphatic carbocycles. The minimum absolute atomic E-state index is 0.373. The van der Waals surface area contributed by atoms with Crippen LogP contribution < -0.4 is 0 Å². The van der Waals surface area contributed by atoms with E-state index in [2.05, 4.69) is 0 Å². The number of ketones is 1. The van der Waals surface area contributed by atoms with E-state index in [0.29, 0.717) is 18.3 Å². The largest absolute Gasteiger partial charge is 0.376 e. The van der Waals surface area contributed by atoms with E-state index in [9.17, 15) is 4.79 Å². The summed E-state index contributed by atoms with van der Waals surface area (Å²) in [4.78, 5) is 10.7. The second kappa shape index (κ2) is 4.38. The lowest BCUT2D eigenvalue weighted by atomic mass is 9.85. The third-order valence-corrected chi connectivity index (χ3v) is 2.50. The van der Waals surface area contributed by atoms with E-state index in [1.54, 1.807) is 0 Å². The van der Waals surface area contributed by atoms with E-state index >= 15 is 0 Å². The summed E-state index contributed by atoms with van der Waals surface area (Å²) in [5.74, 6) is 0.851. The fraction of sp³-hybridized carbons (Fsp3) is 0.417. The zero-order chi connectivity index (χ0) is 9.80. The monoisotopic (exact) mass is 190 g/mol. The van der Waals surface area contributed by atoms with Crippen molar-refractivity contribution in [2.75, 3.05) is 6.61 Å². The first-order chi connectivity index (χ1) is 6.84. The summed E-state index contributed by atoms with van der Waals surface area (Å²) < 4.78 is 5.52. The maximum Gasteiger partial charge on any atom is 0.133 e. The number of Topliss-reactive ketones (excluding diaryl/α,β-unsaturated/α-hetero) is 1. The van der Waals surface area contributed by atoms with Crippen molar-refractivity contribution in [2.24, 2.45) is 5.92 Å². The van der Waals surface area contributed by atoms with Gasteiger partial charge >= 0.3 is 0 Å². The van der Waals surface area contributed by atoms with Gasteiger partial charge in [-0.3, -0.25) is 4.79 Å². The number of carbonyl (C=O) groups is 1. The number of hydrogen-bond donors (Lipinski definition) is 0. The third kappa shape index (κ3) is 2.42. The predicted molar refractivity (Wildman–Crippen MR) is 53.8 cm³/mol. The van der Waals surface area contributed by atoms with Crippen LogP contribution in [0.5, 0.6) is 0 Å². The summed E-state index contributed by atoms with van der Waals surface area (Å²) in [6.45, 7) is 1.38. The molecule has 1 aliphatic rings. The van der Waals surface area contributed by atoms with E-state index < -0.39 is 0 Å². The lowest BCUT2D eigenvalue weighted by Gasteiger charge is -2.23.